The standard InChI is InChI=1S/C19H11BrClF6N5O3/c20-10-5-8(19(25,26)27)4-9(15(28)33)14(10)30-17(34)12-6-13(35-7-18(22,23)24)31-32(12)16-11(21)2-1-3-29-16/h1-6H,7H2,(H2,28,33)(H,30,34). The minimum Gasteiger partial charge on any atom is -0.467 e. The number of halogens is 8. The van der Waals surface area contributed by atoms with Crippen LogP contribution in [-0.4, -0.2) is 39.4 Å². The summed E-state index contributed by atoms with van der Waals surface area (Å²) in [5.41, 5.74) is 2.39. The largest absolute Gasteiger partial charge is 0.467 e. The molecule has 35 heavy (non-hydrogen) atoms. The first-order valence-electron chi connectivity index (χ1n) is 9.10. The van der Waals surface area contributed by atoms with Crippen molar-refractivity contribution in [3.63, 3.8) is 0 Å². The summed E-state index contributed by atoms with van der Waals surface area (Å²) < 4.78 is 82.1. The Morgan fingerprint density at radius 1 is 1.17 bits per heavy atom. The van der Waals surface area contributed by atoms with Gasteiger partial charge in [-0.3, -0.25) is 9.59 Å². The maximum absolute atomic E-state index is 13.1. The first kappa shape index (κ1) is 26.3. The van der Waals surface area contributed by atoms with Gasteiger partial charge in [0, 0.05) is 16.7 Å². The highest BCUT2D eigenvalue weighted by Gasteiger charge is 2.34. The first-order chi connectivity index (χ1) is 16.2. The molecule has 0 saturated carbocycles. The van der Waals surface area contributed by atoms with Gasteiger partial charge in [0.15, 0.2) is 12.4 Å². The van der Waals surface area contributed by atoms with Crippen molar-refractivity contribution in [2.45, 2.75) is 12.4 Å². The number of pyridine rings is 1. The molecular weight excluding hydrogens is 576 g/mol. The van der Waals surface area contributed by atoms with Crippen molar-refractivity contribution in [1.29, 1.82) is 0 Å². The van der Waals surface area contributed by atoms with E-state index in [4.69, 9.17) is 17.3 Å². The van der Waals surface area contributed by atoms with Gasteiger partial charge in [0.25, 0.3) is 11.8 Å². The molecule has 0 atom stereocenters. The number of rotatable bonds is 6. The van der Waals surface area contributed by atoms with Gasteiger partial charge in [-0.2, -0.15) is 26.3 Å². The second-order valence-electron chi connectivity index (χ2n) is 6.69. The fourth-order valence-electron chi connectivity index (χ4n) is 2.71. The molecule has 0 saturated heterocycles. The van der Waals surface area contributed by atoms with Gasteiger partial charge in [-0.05, 0) is 40.2 Å². The van der Waals surface area contributed by atoms with Crippen LogP contribution < -0.4 is 15.8 Å². The zero-order valence-corrected chi connectivity index (χ0v) is 19.2. The summed E-state index contributed by atoms with van der Waals surface area (Å²) in [6, 6.07) is 4.67. The third kappa shape index (κ3) is 6.22. The van der Waals surface area contributed by atoms with Gasteiger partial charge in [0.2, 0.25) is 5.88 Å². The van der Waals surface area contributed by atoms with Crippen LogP contribution in [0.25, 0.3) is 5.82 Å². The number of hydrogen-bond acceptors (Lipinski definition) is 5. The minimum atomic E-state index is -4.83. The van der Waals surface area contributed by atoms with Crippen LogP contribution in [0.4, 0.5) is 32.0 Å². The second kappa shape index (κ2) is 9.73. The lowest BCUT2D eigenvalue weighted by Crippen LogP contribution is -2.22. The average Bonchev–Trinajstić information content (AvgIpc) is 3.16. The Morgan fingerprint density at radius 3 is 2.43 bits per heavy atom. The maximum atomic E-state index is 13.1. The summed E-state index contributed by atoms with van der Waals surface area (Å²) >= 11 is 8.91. The number of hydrogen-bond donors (Lipinski definition) is 2. The van der Waals surface area contributed by atoms with Crippen LogP contribution >= 0.6 is 27.5 Å². The topological polar surface area (TPSA) is 112 Å². The van der Waals surface area contributed by atoms with Crippen LogP contribution in [0.1, 0.15) is 26.4 Å². The maximum Gasteiger partial charge on any atom is 0.422 e. The van der Waals surface area contributed by atoms with E-state index in [1.807, 2.05) is 0 Å². The molecule has 186 valence electrons. The molecule has 2 aromatic heterocycles. The van der Waals surface area contributed by atoms with E-state index >= 15 is 0 Å². The van der Waals surface area contributed by atoms with E-state index in [1.165, 1.54) is 18.3 Å². The van der Waals surface area contributed by atoms with Crippen molar-refractivity contribution >= 4 is 45.0 Å². The number of amides is 2. The number of nitrogens with two attached hydrogens (primary N) is 1. The summed E-state index contributed by atoms with van der Waals surface area (Å²) in [5.74, 6) is -3.19. The van der Waals surface area contributed by atoms with E-state index in [0.29, 0.717) is 12.1 Å². The Morgan fingerprint density at radius 2 is 1.86 bits per heavy atom. The molecule has 3 rings (SSSR count). The van der Waals surface area contributed by atoms with E-state index < -0.39 is 59.2 Å². The van der Waals surface area contributed by atoms with Crippen LogP contribution in [-0.2, 0) is 6.18 Å². The van der Waals surface area contributed by atoms with Gasteiger partial charge < -0.3 is 15.8 Å². The first-order valence-corrected chi connectivity index (χ1v) is 10.3. The Kier molecular flexibility index (Phi) is 7.31. The molecule has 0 aliphatic rings. The Labute approximate surface area is 205 Å². The molecule has 0 spiro atoms. The molecular formula is C19H11BrClF6N5O3. The fraction of sp³-hybridized carbons (Fsp3) is 0.158. The van der Waals surface area contributed by atoms with Crippen molar-refractivity contribution in [2.24, 2.45) is 5.73 Å². The van der Waals surface area contributed by atoms with Crippen molar-refractivity contribution in [1.82, 2.24) is 14.8 Å². The summed E-state index contributed by atoms with van der Waals surface area (Å²) in [4.78, 5) is 28.8. The van der Waals surface area contributed by atoms with E-state index in [1.54, 1.807) is 0 Å². The molecule has 8 nitrogen and oxygen atoms in total. The highest BCUT2D eigenvalue weighted by molar-refractivity contribution is 9.10. The number of ether oxygens (including phenoxy) is 1. The number of primary amides is 1. The highest BCUT2D eigenvalue weighted by Crippen LogP contribution is 2.37. The van der Waals surface area contributed by atoms with Crippen molar-refractivity contribution < 1.29 is 40.7 Å². The van der Waals surface area contributed by atoms with E-state index in [9.17, 15) is 35.9 Å². The molecule has 3 aromatic rings. The monoisotopic (exact) mass is 585 g/mol. The number of nitrogens with zero attached hydrogens (tertiary/aromatic N) is 3. The molecule has 0 bridgehead atoms. The average molecular weight is 587 g/mol. The summed E-state index contributed by atoms with van der Waals surface area (Å²) in [5, 5.41) is 5.93. The molecule has 2 amide bonds. The Bertz CT molecular complexity index is 1290. The van der Waals surface area contributed by atoms with E-state index in [2.05, 4.69) is 36.1 Å². The highest BCUT2D eigenvalue weighted by atomic mass is 79.9. The van der Waals surface area contributed by atoms with Crippen molar-refractivity contribution in [2.75, 3.05) is 11.9 Å². The number of aromatic nitrogens is 3. The zero-order valence-electron chi connectivity index (χ0n) is 16.8. The van der Waals surface area contributed by atoms with Gasteiger partial charge in [-0.1, -0.05) is 11.6 Å². The van der Waals surface area contributed by atoms with Gasteiger partial charge in [-0.25, -0.2) is 9.67 Å². The Balaban J connectivity index is 2.07. The number of alkyl halides is 6. The second-order valence-corrected chi connectivity index (χ2v) is 7.95. The number of benzene rings is 1. The van der Waals surface area contributed by atoms with Crippen LogP contribution in [0, 0.1) is 0 Å². The van der Waals surface area contributed by atoms with Crippen molar-refractivity contribution in [3.8, 4) is 11.7 Å². The van der Waals surface area contributed by atoms with E-state index in [0.717, 1.165) is 10.7 Å². The van der Waals surface area contributed by atoms with E-state index in [-0.39, 0.29) is 15.3 Å². The quantitative estimate of drug-likeness (QED) is 0.395. The normalized spacial score (nSPS) is 11.9. The smallest absolute Gasteiger partial charge is 0.422 e. The number of carbonyl (C=O) groups is 2. The number of anilines is 1. The van der Waals surface area contributed by atoms with Crippen LogP contribution in [0.3, 0.4) is 0 Å². The molecule has 0 aliphatic carbocycles. The van der Waals surface area contributed by atoms with Gasteiger partial charge >= 0.3 is 12.4 Å². The summed E-state index contributed by atoms with van der Waals surface area (Å²) in [6.45, 7) is -1.72. The zero-order chi connectivity index (χ0) is 26.1. The SMILES string of the molecule is NC(=O)c1cc(C(F)(F)F)cc(Br)c1NC(=O)c1cc(OCC(F)(F)F)nn1-c1ncccc1Cl. The van der Waals surface area contributed by atoms with Crippen LogP contribution in [0.15, 0.2) is 41.0 Å². The predicted octanol–water partition coefficient (Wildman–Crippen LogP) is 4.99. The molecule has 0 radical (unpaired) electrons. The molecule has 0 unspecified atom stereocenters. The Hall–Kier alpha value is -3.33. The molecule has 16 heteroatoms. The lowest BCUT2D eigenvalue weighted by atomic mass is 10.1. The van der Waals surface area contributed by atoms with Crippen LogP contribution in [0.2, 0.25) is 5.02 Å². The molecule has 0 aliphatic heterocycles. The summed E-state index contributed by atoms with van der Waals surface area (Å²) in [6.07, 6.45) is -8.27. The van der Waals surface area contributed by atoms with Gasteiger partial charge in [-0.15, -0.1) is 5.10 Å². The fourth-order valence-corrected chi connectivity index (χ4v) is 3.47. The molecule has 0 fully saturated rings. The van der Waals surface area contributed by atoms with Gasteiger partial charge in [0.1, 0.15) is 5.69 Å². The van der Waals surface area contributed by atoms with Crippen LogP contribution in [0.5, 0.6) is 5.88 Å². The lowest BCUT2D eigenvalue weighted by molar-refractivity contribution is -0.154. The third-order valence-corrected chi connectivity index (χ3v) is 5.08. The minimum absolute atomic E-state index is 0.0412. The number of nitrogens with one attached hydrogen (secondary N) is 1. The van der Waals surface area contributed by atoms with Gasteiger partial charge in [0.05, 0.1) is 21.8 Å². The molecule has 1 aromatic carbocycles. The summed E-state index contributed by atoms with van der Waals surface area (Å²) in [7, 11) is 0. The lowest BCUT2D eigenvalue weighted by Gasteiger charge is -2.15. The molecule has 2 heterocycles. The van der Waals surface area contributed by atoms with Crippen molar-refractivity contribution in [3.05, 3.63) is 62.8 Å². The number of carbonyl (C=O) groups excluding carboxylic acids is 2. The molecule has 3 N–H and O–H groups in total. The third-order valence-electron chi connectivity index (χ3n) is 4.16. The predicted molar refractivity (Wildman–Crippen MR) is 114 cm³/mol.